The second-order valence-corrected chi connectivity index (χ2v) is 6.03. The minimum Gasteiger partial charge on any atom is -0.465 e. The number of hydrogen-bond acceptors (Lipinski definition) is 5. The summed E-state index contributed by atoms with van der Waals surface area (Å²) in [5.74, 6) is -0.467. The van der Waals surface area contributed by atoms with Crippen LogP contribution >= 0.6 is 11.3 Å². The van der Waals surface area contributed by atoms with Gasteiger partial charge in [0.15, 0.2) is 0 Å². The van der Waals surface area contributed by atoms with Crippen LogP contribution in [0.5, 0.6) is 0 Å². The highest BCUT2D eigenvalue weighted by Crippen LogP contribution is 2.13. The molecule has 122 valence electrons. The van der Waals surface area contributed by atoms with Crippen molar-refractivity contribution >= 4 is 28.9 Å². The van der Waals surface area contributed by atoms with Crippen LogP contribution in [0.25, 0.3) is 0 Å². The van der Waals surface area contributed by atoms with Crippen LogP contribution in [0.4, 0.5) is 5.69 Å². The molecule has 2 aromatic rings. The summed E-state index contributed by atoms with van der Waals surface area (Å²) in [7, 11) is 1.34. The van der Waals surface area contributed by atoms with E-state index in [1.807, 2.05) is 18.4 Å². The molecule has 0 saturated heterocycles. The Balaban J connectivity index is 1.89. The van der Waals surface area contributed by atoms with Gasteiger partial charge in [-0.25, -0.2) is 4.79 Å². The number of thiophene rings is 1. The van der Waals surface area contributed by atoms with E-state index in [0.717, 1.165) is 13.1 Å². The summed E-state index contributed by atoms with van der Waals surface area (Å²) in [6.45, 7) is 3.93. The summed E-state index contributed by atoms with van der Waals surface area (Å²) in [5.41, 5.74) is 1.12. The van der Waals surface area contributed by atoms with Gasteiger partial charge in [-0.05, 0) is 42.3 Å². The van der Waals surface area contributed by atoms with E-state index in [9.17, 15) is 9.59 Å². The van der Waals surface area contributed by atoms with E-state index in [4.69, 9.17) is 0 Å². The second kappa shape index (κ2) is 8.45. The third kappa shape index (κ3) is 5.19. The fraction of sp³-hybridized carbons (Fsp3) is 0.294. The normalized spacial score (nSPS) is 10.6. The van der Waals surface area contributed by atoms with Crippen molar-refractivity contribution in [2.45, 2.75) is 13.5 Å². The minimum absolute atomic E-state index is 0.0748. The number of ether oxygens (including phenoxy) is 1. The number of nitrogens with one attached hydrogen (secondary N) is 1. The van der Waals surface area contributed by atoms with E-state index < -0.39 is 5.97 Å². The van der Waals surface area contributed by atoms with Crippen LogP contribution in [-0.2, 0) is 16.1 Å². The molecule has 1 aromatic heterocycles. The molecule has 5 nitrogen and oxygen atoms in total. The van der Waals surface area contributed by atoms with Gasteiger partial charge < -0.3 is 10.1 Å². The molecular formula is C17H20N2O3S. The molecule has 0 aliphatic carbocycles. The van der Waals surface area contributed by atoms with E-state index in [-0.39, 0.29) is 5.91 Å². The van der Waals surface area contributed by atoms with Gasteiger partial charge in [0, 0.05) is 17.1 Å². The highest BCUT2D eigenvalue weighted by Gasteiger charge is 2.11. The number of carbonyl (C=O) groups is 2. The van der Waals surface area contributed by atoms with Crippen molar-refractivity contribution in [3.05, 3.63) is 52.2 Å². The lowest BCUT2D eigenvalue weighted by Gasteiger charge is -2.19. The number of amides is 1. The lowest BCUT2D eigenvalue weighted by Crippen LogP contribution is -2.32. The highest BCUT2D eigenvalue weighted by atomic mass is 32.1. The lowest BCUT2D eigenvalue weighted by molar-refractivity contribution is -0.117. The fourth-order valence-electron chi connectivity index (χ4n) is 2.11. The topological polar surface area (TPSA) is 58.6 Å². The van der Waals surface area contributed by atoms with Gasteiger partial charge in [0.1, 0.15) is 0 Å². The Morgan fingerprint density at radius 2 is 1.96 bits per heavy atom. The van der Waals surface area contributed by atoms with Crippen LogP contribution < -0.4 is 5.32 Å². The van der Waals surface area contributed by atoms with Crippen molar-refractivity contribution in [2.75, 3.05) is 25.5 Å². The molecule has 0 atom stereocenters. The summed E-state index contributed by atoms with van der Waals surface area (Å²) in [4.78, 5) is 26.8. The molecule has 0 fully saturated rings. The third-order valence-corrected chi connectivity index (χ3v) is 4.22. The number of carbonyl (C=O) groups excluding carboxylic acids is 2. The first-order valence-electron chi connectivity index (χ1n) is 7.35. The molecule has 0 unspecified atom stereocenters. The molecule has 6 heteroatoms. The van der Waals surface area contributed by atoms with E-state index in [2.05, 4.69) is 21.0 Å². The van der Waals surface area contributed by atoms with Gasteiger partial charge in [-0.3, -0.25) is 9.69 Å². The molecule has 0 bridgehead atoms. The monoisotopic (exact) mass is 332 g/mol. The highest BCUT2D eigenvalue weighted by molar-refractivity contribution is 7.09. The van der Waals surface area contributed by atoms with Gasteiger partial charge in [-0.15, -0.1) is 11.3 Å². The van der Waals surface area contributed by atoms with Gasteiger partial charge in [0.25, 0.3) is 0 Å². The van der Waals surface area contributed by atoms with Crippen LogP contribution in [0.2, 0.25) is 0 Å². The minimum atomic E-state index is -0.393. The summed E-state index contributed by atoms with van der Waals surface area (Å²) in [5, 5.41) is 4.87. The Kier molecular flexibility index (Phi) is 6.31. The fourth-order valence-corrected chi connectivity index (χ4v) is 2.86. The molecular weight excluding hydrogens is 312 g/mol. The number of benzene rings is 1. The first kappa shape index (κ1) is 17.2. The largest absolute Gasteiger partial charge is 0.465 e. The maximum absolute atomic E-state index is 12.1. The lowest BCUT2D eigenvalue weighted by atomic mass is 10.2. The molecule has 23 heavy (non-hydrogen) atoms. The standard InChI is InChI=1S/C17H20N2O3S/c1-3-19(11-15-5-4-10-23-15)12-16(20)18-14-8-6-13(7-9-14)17(21)22-2/h4-10H,3,11-12H2,1-2H3,(H,18,20). The molecule has 0 aliphatic heterocycles. The van der Waals surface area contributed by atoms with Gasteiger partial charge in [-0.1, -0.05) is 13.0 Å². The number of anilines is 1. The molecule has 1 amide bonds. The second-order valence-electron chi connectivity index (χ2n) is 5.00. The smallest absolute Gasteiger partial charge is 0.337 e. The molecule has 0 saturated carbocycles. The van der Waals surface area contributed by atoms with Crippen molar-refractivity contribution < 1.29 is 14.3 Å². The van der Waals surface area contributed by atoms with Crippen LogP contribution in [-0.4, -0.2) is 37.0 Å². The maximum atomic E-state index is 12.1. The van der Waals surface area contributed by atoms with E-state index in [0.29, 0.717) is 17.8 Å². The van der Waals surface area contributed by atoms with Gasteiger partial charge >= 0.3 is 5.97 Å². The van der Waals surface area contributed by atoms with Crippen molar-refractivity contribution in [3.8, 4) is 0 Å². The Hall–Kier alpha value is -2.18. The number of likely N-dealkylation sites (N-methyl/N-ethyl adjacent to an activating group) is 1. The van der Waals surface area contributed by atoms with Gasteiger partial charge in [0.2, 0.25) is 5.91 Å². The molecule has 1 aromatic carbocycles. The number of hydrogen-bond donors (Lipinski definition) is 1. The van der Waals surface area contributed by atoms with Gasteiger partial charge in [-0.2, -0.15) is 0 Å². The predicted molar refractivity (Wildman–Crippen MR) is 91.7 cm³/mol. The summed E-state index contributed by atoms with van der Waals surface area (Å²) in [6.07, 6.45) is 0. The first-order chi connectivity index (χ1) is 11.1. The van der Waals surface area contributed by atoms with Crippen molar-refractivity contribution in [1.82, 2.24) is 4.90 Å². The summed E-state index contributed by atoms with van der Waals surface area (Å²) in [6, 6.07) is 10.7. The number of rotatable bonds is 7. The molecule has 0 aliphatic rings. The van der Waals surface area contributed by atoms with Crippen molar-refractivity contribution in [2.24, 2.45) is 0 Å². The SMILES string of the molecule is CCN(CC(=O)Nc1ccc(C(=O)OC)cc1)Cc1cccs1. The molecule has 1 heterocycles. The Morgan fingerprint density at radius 1 is 1.22 bits per heavy atom. The van der Waals surface area contributed by atoms with E-state index >= 15 is 0 Å². The Morgan fingerprint density at radius 3 is 2.52 bits per heavy atom. The van der Waals surface area contributed by atoms with Crippen molar-refractivity contribution in [1.29, 1.82) is 0 Å². The van der Waals surface area contributed by atoms with E-state index in [1.54, 1.807) is 35.6 Å². The number of methoxy groups -OCH3 is 1. The van der Waals surface area contributed by atoms with E-state index in [1.165, 1.54) is 12.0 Å². The predicted octanol–water partition coefficient (Wildman–Crippen LogP) is 3.00. The maximum Gasteiger partial charge on any atom is 0.337 e. The zero-order valence-electron chi connectivity index (χ0n) is 13.2. The van der Waals surface area contributed by atoms with Gasteiger partial charge in [0.05, 0.1) is 19.2 Å². The zero-order valence-corrected chi connectivity index (χ0v) is 14.1. The summed E-state index contributed by atoms with van der Waals surface area (Å²) >= 11 is 1.69. The Bertz CT molecular complexity index is 638. The first-order valence-corrected chi connectivity index (χ1v) is 8.23. The quantitative estimate of drug-likeness (QED) is 0.792. The third-order valence-electron chi connectivity index (χ3n) is 3.36. The Labute approximate surface area is 139 Å². The van der Waals surface area contributed by atoms with Crippen molar-refractivity contribution in [3.63, 3.8) is 0 Å². The molecule has 2 rings (SSSR count). The van der Waals surface area contributed by atoms with Crippen LogP contribution in [0.1, 0.15) is 22.2 Å². The zero-order chi connectivity index (χ0) is 16.7. The number of esters is 1. The average Bonchev–Trinajstić information content (AvgIpc) is 3.07. The molecule has 0 spiro atoms. The molecule has 0 radical (unpaired) electrons. The molecule has 1 N–H and O–H groups in total. The average molecular weight is 332 g/mol. The van der Waals surface area contributed by atoms with Crippen LogP contribution in [0.3, 0.4) is 0 Å². The number of nitrogens with zero attached hydrogens (tertiary/aromatic N) is 1. The van der Waals surface area contributed by atoms with Crippen LogP contribution in [0.15, 0.2) is 41.8 Å². The van der Waals surface area contributed by atoms with Crippen LogP contribution in [0, 0.1) is 0 Å². The summed E-state index contributed by atoms with van der Waals surface area (Å²) < 4.78 is 4.64.